The van der Waals surface area contributed by atoms with Crippen LogP contribution in [-0.4, -0.2) is 14.4 Å². The highest BCUT2D eigenvalue weighted by Crippen LogP contribution is 2.36. The first-order valence-corrected chi connectivity index (χ1v) is 6.95. The van der Waals surface area contributed by atoms with Gasteiger partial charge in [0.2, 0.25) is 5.52 Å². The van der Waals surface area contributed by atoms with Crippen molar-refractivity contribution in [2.45, 2.75) is 6.54 Å². The van der Waals surface area contributed by atoms with E-state index in [0.717, 1.165) is 12.2 Å². The summed E-state index contributed by atoms with van der Waals surface area (Å²) < 4.78 is 5.75. The van der Waals surface area contributed by atoms with Crippen LogP contribution in [0.3, 0.4) is 0 Å². The minimum Gasteiger partial charge on any atom is -0.299 e. The van der Waals surface area contributed by atoms with E-state index in [9.17, 15) is 0 Å². The quantitative estimate of drug-likeness (QED) is 0.402. The molecular formula is C14H9N4S+. The maximum absolute atomic E-state index is 4.53. The third-order valence-corrected chi connectivity index (χ3v) is 4.90. The lowest BCUT2D eigenvalue weighted by atomic mass is 10.2. The van der Waals surface area contributed by atoms with Gasteiger partial charge in [-0.1, -0.05) is 11.3 Å². The lowest BCUT2D eigenvalue weighted by Crippen LogP contribution is -2.29. The topological polar surface area (TPSA) is 34.1 Å². The second kappa shape index (κ2) is 3.19. The van der Waals surface area contributed by atoms with Gasteiger partial charge in [0, 0.05) is 12.4 Å². The fraction of sp³-hybridized carbons (Fsp3) is 0.0714. The van der Waals surface area contributed by atoms with E-state index in [1.54, 1.807) is 0 Å². The van der Waals surface area contributed by atoms with Gasteiger partial charge in [0.15, 0.2) is 12.2 Å². The Labute approximate surface area is 112 Å². The van der Waals surface area contributed by atoms with Crippen LogP contribution in [-0.2, 0) is 6.54 Å². The first-order valence-electron chi connectivity index (χ1n) is 6.13. The van der Waals surface area contributed by atoms with Gasteiger partial charge in [0.05, 0.1) is 23.6 Å². The molecule has 5 rings (SSSR count). The van der Waals surface area contributed by atoms with E-state index in [-0.39, 0.29) is 0 Å². The predicted molar refractivity (Wildman–Crippen MR) is 73.1 cm³/mol. The van der Waals surface area contributed by atoms with Crippen LogP contribution in [0.2, 0.25) is 0 Å². The maximum Gasteiger partial charge on any atom is 0.289 e. The second-order valence-corrected chi connectivity index (χ2v) is 5.72. The molecule has 0 fully saturated rings. The van der Waals surface area contributed by atoms with Crippen LogP contribution in [0.1, 0.15) is 5.56 Å². The Morgan fingerprint density at radius 3 is 3.26 bits per heavy atom. The number of hydrogen-bond donors (Lipinski definition) is 0. The predicted octanol–water partition coefficient (Wildman–Crippen LogP) is 2.26. The third-order valence-electron chi connectivity index (χ3n) is 3.67. The van der Waals surface area contributed by atoms with E-state index in [0.29, 0.717) is 0 Å². The maximum atomic E-state index is 4.53. The van der Waals surface area contributed by atoms with E-state index >= 15 is 0 Å². The van der Waals surface area contributed by atoms with E-state index in [2.05, 4.69) is 37.3 Å². The molecule has 0 radical (unpaired) electrons. The number of fused-ring (bicyclic) bond motifs is 7. The molecule has 0 saturated carbocycles. The SMILES string of the molecule is c1cnc2c(c1)C[n+]1c-2sc2c3ccncn3cc21. The molecule has 0 spiro atoms. The molecule has 1 aliphatic rings. The lowest BCUT2D eigenvalue weighted by molar-refractivity contribution is -0.642. The average molecular weight is 265 g/mol. The largest absolute Gasteiger partial charge is 0.299 e. The van der Waals surface area contributed by atoms with E-state index in [1.165, 1.54) is 26.3 Å². The normalized spacial score (nSPS) is 13.1. The number of thiazole rings is 1. The number of rotatable bonds is 0. The molecule has 4 nitrogen and oxygen atoms in total. The molecule has 5 heterocycles. The smallest absolute Gasteiger partial charge is 0.289 e. The van der Waals surface area contributed by atoms with Gasteiger partial charge >= 0.3 is 0 Å². The minimum absolute atomic E-state index is 0.919. The molecule has 4 aromatic heterocycles. The molecule has 4 aromatic rings. The summed E-state index contributed by atoms with van der Waals surface area (Å²) in [6.07, 6.45) is 7.73. The fourth-order valence-electron chi connectivity index (χ4n) is 2.81. The van der Waals surface area contributed by atoms with Gasteiger partial charge < -0.3 is 0 Å². The van der Waals surface area contributed by atoms with Gasteiger partial charge in [-0.05, 0) is 18.2 Å². The molecule has 0 amide bonds. The van der Waals surface area contributed by atoms with Crippen molar-refractivity contribution in [3.63, 3.8) is 0 Å². The first kappa shape index (κ1) is 9.63. The summed E-state index contributed by atoms with van der Waals surface area (Å²) in [5.41, 5.74) is 4.93. The van der Waals surface area contributed by atoms with E-state index in [1.807, 2.05) is 36.1 Å². The van der Waals surface area contributed by atoms with Crippen LogP contribution in [0.4, 0.5) is 0 Å². The van der Waals surface area contributed by atoms with Crippen molar-refractivity contribution in [2.24, 2.45) is 0 Å². The minimum atomic E-state index is 0.919. The fourth-order valence-corrected chi connectivity index (χ4v) is 4.10. The summed E-state index contributed by atoms with van der Waals surface area (Å²) in [5, 5.41) is 1.26. The summed E-state index contributed by atoms with van der Waals surface area (Å²) in [5.74, 6) is 0. The van der Waals surface area contributed by atoms with Gasteiger partial charge in [0.25, 0.3) is 5.01 Å². The lowest BCUT2D eigenvalue weighted by Gasteiger charge is -1.90. The summed E-state index contributed by atoms with van der Waals surface area (Å²) in [6, 6.07) is 6.23. The molecule has 0 bridgehead atoms. The number of nitrogens with zero attached hydrogens (tertiary/aromatic N) is 4. The zero-order chi connectivity index (χ0) is 12.4. The Kier molecular flexibility index (Phi) is 1.62. The van der Waals surface area contributed by atoms with Gasteiger partial charge in [-0.25, -0.2) is 9.97 Å². The Morgan fingerprint density at radius 2 is 2.26 bits per heavy atom. The summed E-state index contributed by atoms with van der Waals surface area (Å²) in [6.45, 7) is 0.919. The van der Waals surface area contributed by atoms with Gasteiger partial charge in [0.1, 0.15) is 4.70 Å². The first-order chi connectivity index (χ1) is 9.42. The Bertz CT molecular complexity index is 951. The molecule has 90 valence electrons. The Morgan fingerprint density at radius 1 is 1.26 bits per heavy atom. The van der Waals surface area contributed by atoms with Crippen molar-refractivity contribution in [3.05, 3.63) is 48.7 Å². The van der Waals surface area contributed by atoms with Crippen molar-refractivity contribution in [1.29, 1.82) is 0 Å². The van der Waals surface area contributed by atoms with Crippen molar-refractivity contribution in [2.75, 3.05) is 0 Å². The monoisotopic (exact) mass is 265 g/mol. The van der Waals surface area contributed by atoms with Gasteiger partial charge in [-0.2, -0.15) is 4.57 Å². The standard InChI is InChI=1S/C14H9N4S/c1-2-9-6-18-11-7-17-8-15-5-3-10(17)13(11)19-14(18)12(9)16-4-1/h1-5,7-8H,6H2/q+1. The van der Waals surface area contributed by atoms with Crippen LogP contribution in [0.5, 0.6) is 0 Å². The molecule has 0 aliphatic carbocycles. The molecule has 0 N–H and O–H groups in total. The molecule has 19 heavy (non-hydrogen) atoms. The van der Waals surface area contributed by atoms with E-state index < -0.39 is 0 Å². The molecule has 0 aromatic carbocycles. The summed E-state index contributed by atoms with van der Waals surface area (Å²) in [7, 11) is 0. The zero-order valence-corrected chi connectivity index (χ0v) is 10.8. The highest BCUT2D eigenvalue weighted by Gasteiger charge is 2.33. The van der Waals surface area contributed by atoms with Crippen molar-refractivity contribution in [1.82, 2.24) is 14.4 Å². The summed E-state index contributed by atoms with van der Waals surface area (Å²) >= 11 is 1.82. The van der Waals surface area contributed by atoms with Gasteiger partial charge in [-0.3, -0.25) is 4.40 Å². The highest BCUT2D eigenvalue weighted by molar-refractivity contribution is 7.22. The van der Waals surface area contributed by atoms with Gasteiger partial charge in [-0.15, -0.1) is 0 Å². The number of aromatic nitrogens is 4. The van der Waals surface area contributed by atoms with Crippen LogP contribution in [0, 0.1) is 0 Å². The van der Waals surface area contributed by atoms with Crippen LogP contribution < -0.4 is 4.57 Å². The van der Waals surface area contributed by atoms with Crippen LogP contribution >= 0.6 is 11.3 Å². The highest BCUT2D eigenvalue weighted by atomic mass is 32.1. The third kappa shape index (κ3) is 1.11. The Hall–Kier alpha value is -2.27. The molecular weight excluding hydrogens is 256 g/mol. The second-order valence-electron chi connectivity index (χ2n) is 4.72. The molecule has 0 unspecified atom stereocenters. The Balaban J connectivity index is 1.93. The average Bonchev–Trinajstić information content (AvgIpc) is 3.07. The molecule has 0 atom stereocenters. The van der Waals surface area contributed by atoms with Crippen molar-refractivity contribution < 1.29 is 4.57 Å². The summed E-state index contributed by atoms with van der Waals surface area (Å²) in [4.78, 5) is 8.69. The van der Waals surface area contributed by atoms with Crippen LogP contribution in [0.25, 0.3) is 26.4 Å². The molecule has 5 heteroatoms. The number of pyridine rings is 1. The zero-order valence-electron chi connectivity index (χ0n) is 9.95. The molecule has 0 saturated heterocycles. The van der Waals surface area contributed by atoms with E-state index in [4.69, 9.17) is 0 Å². The van der Waals surface area contributed by atoms with Crippen molar-refractivity contribution in [3.8, 4) is 10.7 Å². The van der Waals surface area contributed by atoms with Crippen molar-refractivity contribution >= 4 is 27.1 Å². The molecule has 1 aliphatic heterocycles. The number of hydrogen-bond acceptors (Lipinski definition) is 3. The van der Waals surface area contributed by atoms with Crippen LogP contribution in [0.15, 0.2) is 43.1 Å².